The number of carbonyl (C=O) groups is 1. The number of fused-ring (bicyclic) bond motifs is 1. The zero-order valence-electron chi connectivity index (χ0n) is 13.6. The fourth-order valence-corrected chi connectivity index (χ4v) is 2.94. The first kappa shape index (κ1) is 16.3. The molecule has 0 aliphatic carbocycles. The summed E-state index contributed by atoms with van der Waals surface area (Å²) >= 11 is 0. The van der Waals surface area contributed by atoms with Crippen LogP contribution in [0.1, 0.15) is 12.5 Å². The lowest BCUT2D eigenvalue weighted by molar-refractivity contribution is 0.0775. The number of nitrogens with zero attached hydrogens (tertiary/aromatic N) is 2. The minimum atomic E-state index is -0.302. The normalized spacial score (nSPS) is 15.6. The molecule has 0 radical (unpaired) electrons. The number of pyridine rings is 1. The molecule has 1 amide bonds. The highest BCUT2D eigenvalue weighted by molar-refractivity contribution is 5.85. The van der Waals surface area contributed by atoms with Crippen molar-refractivity contribution in [3.05, 3.63) is 40.2 Å². The molecule has 1 aromatic carbocycles. The first-order valence-corrected chi connectivity index (χ1v) is 8.07. The number of H-pyrrole nitrogens is 1. The van der Waals surface area contributed by atoms with Crippen LogP contribution in [-0.4, -0.2) is 58.8 Å². The van der Waals surface area contributed by atoms with Crippen LogP contribution >= 0.6 is 0 Å². The van der Waals surface area contributed by atoms with Gasteiger partial charge in [-0.25, -0.2) is 4.79 Å². The molecule has 0 spiro atoms. The summed E-state index contributed by atoms with van der Waals surface area (Å²) in [5.74, 6) is 0.0298. The van der Waals surface area contributed by atoms with E-state index in [9.17, 15) is 14.7 Å². The third kappa shape index (κ3) is 3.21. The van der Waals surface area contributed by atoms with Crippen LogP contribution in [-0.2, 0) is 11.3 Å². The fourth-order valence-electron chi connectivity index (χ4n) is 2.94. The van der Waals surface area contributed by atoms with Gasteiger partial charge in [0.2, 0.25) is 0 Å². The summed E-state index contributed by atoms with van der Waals surface area (Å²) in [7, 11) is 0. The van der Waals surface area contributed by atoms with E-state index < -0.39 is 0 Å². The van der Waals surface area contributed by atoms with Crippen molar-refractivity contribution in [3.63, 3.8) is 0 Å². The van der Waals surface area contributed by atoms with Crippen molar-refractivity contribution in [1.29, 1.82) is 0 Å². The smallest absolute Gasteiger partial charge is 0.409 e. The molecule has 128 valence electrons. The largest absolute Gasteiger partial charge is 0.507 e. The molecule has 1 saturated heterocycles. The van der Waals surface area contributed by atoms with Gasteiger partial charge in [0.25, 0.3) is 5.56 Å². The van der Waals surface area contributed by atoms with E-state index >= 15 is 0 Å². The third-order valence-electron chi connectivity index (χ3n) is 4.27. The summed E-state index contributed by atoms with van der Waals surface area (Å²) in [4.78, 5) is 30.5. The summed E-state index contributed by atoms with van der Waals surface area (Å²) in [5, 5.41) is 11.1. The highest BCUT2D eigenvalue weighted by atomic mass is 16.6. The summed E-state index contributed by atoms with van der Waals surface area (Å²) in [6.07, 6.45) is -0.302. The number of amides is 1. The number of hydrogen-bond acceptors (Lipinski definition) is 5. The summed E-state index contributed by atoms with van der Waals surface area (Å²) in [6.45, 7) is 4.84. The second kappa shape index (κ2) is 6.92. The lowest BCUT2D eigenvalue weighted by atomic mass is 10.1. The molecule has 2 N–H and O–H groups in total. The van der Waals surface area contributed by atoms with Gasteiger partial charge in [-0.3, -0.25) is 9.69 Å². The average Bonchev–Trinajstić information content (AvgIpc) is 2.59. The van der Waals surface area contributed by atoms with Crippen LogP contribution in [0.3, 0.4) is 0 Å². The van der Waals surface area contributed by atoms with Crippen LogP contribution in [0.4, 0.5) is 4.79 Å². The zero-order valence-corrected chi connectivity index (χ0v) is 13.6. The van der Waals surface area contributed by atoms with Crippen molar-refractivity contribution in [3.8, 4) is 5.75 Å². The van der Waals surface area contributed by atoms with Crippen molar-refractivity contribution < 1.29 is 14.6 Å². The predicted octanol–water partition coefficient (Wildman–Crippen LogP) is 1.51. The minimum absolute atomic E-state index is 0.0298. The van der Waals surface area contributed by atoms with Gasteiger partial charge in [-0.05, 0) is 19.1 Å². The highest BCUT2D eigenvalue weighted by Crippen LogP contribution is 2.25. The van der Waals surface area contributed by atoms with Gasteiger partial charge >= 0.3 is 6.09 Å². The van der Waals surface area contributed by atoms with Gasteiger partial charge in [-0.1, -0.05) is 12.1 Å². The molecule has 1 aromatic heterocycles. The fraction of sp³-hybridized carbons (Fsp3) is 0.412. The molecule has 0 bridgehead atoms. The summed E-state index contributed by atoms with van der Waals surface area (Å²) in [5.41, 5.74) is 0.702. The maximum absolute atomic E-state index is 12.3. The number of rotatable bonds is 3. The number of aromatic amines is 1. The van der Waals surface area contributed by atoms with Crippen LogP contribution in [0.15, 0.2) is 29.1 Å². The van der Waals surface area contributed by atoms with E-state index in [2.05, 4.69) is 9.88 Å². The Bertz CT molecular complexity index is 794. The van der Waals surface area contributed by atoms with E-state index in [4.69, 9.17) is 4.74 Å². The lowest BCUT2D eigenvalue weighted by Gasteiger charge is -2.33. The van der Waals surface area contributed by atoms with Crippen LogP contribution < -0.4 is 5.56 Å². The summed E-state index contributed by atoms with van der Waals surface area (Å²) < 4.78 is 4.99. The third-order valence-corrected chi connectivity index (χ3v) is 4.27. The first-order valence-electron chi connectivity index (χ1n) is 8.07. The number of hydrogen-bond donors (Lipinski definition) is 2. The van der Waals surface area contributed by atoms with Crippen molar-refractivity contribution in [2.45, 2.75) is 13.5 Å². The van der Waals surface area contributed by atoms with E-state index in [-0.39, 0.29) is 17.4 Å². The van der Waals surface area contributed by atoms with Gasteiger partial charge in [0.1, 0.15) is 5.75 Å². The van der Waals surface area contributed by atoms with Crippen molar-refractivity contribution in [2.75, 3.05) is 32.8 Å². The molecule has 0 unspecified atom stereocenters. The molecule has 7 nitrogen and oxygen atoms in total. The Labute approximate surface area is 139 Å². The van der Waals surface area contributed by atoms with E-state index in [1.54, 1.807) is 24.0 Å². The number of ether oxygens (including phenoxy) is 1. The molecule has 3 rings (SSSR count). The Morgan fingerprint density at radius 2 is 1.96 bits per heavy atom. The van der Waals surface area contributed by atoms with Crippen molar-refractivity contribution in [1.82, 2.24) is 14.8 Å². The molecule has 2 aromatic rings. The number of nitrogens with one attached hydrogen (secondary N) is 1. The molecule has 0 saturated carbocycles. The molecule has 1 aliphatic heterocycles. The number of para-hydroxylation sites is 1. The maximum atomic E-state index is 12.3. The molecule has 2 heterocycles. The average molecular weight is 331 g/mol. The Balaban J connectivity index is 1.73. The Hall–Kier alpha value is -2.54. The van der Waals surface area contributed by atoms with Crippen LogP contribution in [0.5, 0.6) is 5.75 Å². The Kier molecular flexibility index (Phi) is 4.71. The number of piperazine rings is 1. The zero-order chi connectivity index (χ0) is 17.1. The molecule has 0 atom stereocenters. The first-order chi connectivity index (χ1) is 11.6. The number of carbonyl (C=O) groups excluding carboxylic acids is 1. The monoisotopic (exact) mass is 331 g/mol. The molecule has 24 heavy (non-hydrogen) atoms. The van der Waals surface area contributed by atoms with Gasteiger partial charge in [-0.2, -0.15) is 0 Å². The van der Waals surface area contributed by atoms with Crippen molar-refractivity contribution >= 4 is 17.0 Å². The van der Waals surface area contributed by atoms with E-state index in [0.717, 1.165) is 0 Å². The number of aromatic hydroxyl groups is 1. The van der Waals surface area contributed by atoms with Gasteiger partial charge in [0, 0.05) is 38.1 Å². The van der Waals surface area contributed by atoms with Gasteiger partial charge in [0.05, 0.1) is 17.7 Å². The van der Waals surface area contributed by atoms with Crippen molar-refractivity contribution in [2.24, 2.45) is 0 Å². The predicted molar refractivity (Wildman–Crippen MR) is 90.1 cm³/mol. The van der Waals surface area contributed by atoms with Crippen LogP contribution in [0.25, 0.3) is 10.9 Å². The van der Waals surface area contributed by atoms with E-state index in [1.165, 1.54) is 0 Å². The van der Waals surface area contributed by atoms with Crippen LogP contribution in [0.2, 0.25) is 0 Å². The Morgan fingerprint density at radius 3 is 2.67 bits per heavy atom. The summed E-state index contributed by atoms with van der Waals surface area (Å²) in [6, 6.07) is 7.18. The van der Waals surface area contributed by atoms with Gasteiger partial charge < -0.3 is 19.7 Å². The quantitative estimate of drug-likeness (QED) is 0.890. The molecule has 1 aliphatic rings. The number of aromatic nitrogens is 1. The second-order valence-electron chi connectivity index (χ2n) is 5.79. The minimum Gasteiger partial charge on any atom is -0.507 e. The molecular formula is C17H21N3O4. The number of benzene rings is 1. The van der Waals surface area contributed by atoms with Crippen LogP contribution in [0, 0.1) is 0 Å². The van der Waals surface area contributed by atoms with Gasteiger partial charge in [0.15, 0.2) is 0 Å². The molecule has 7 heteroatoms. The standard InChI is InChI=1S/C17H21N3O4/c1-2-24-17(23)20-9-7-19(8-10-20)11-13-15(21)12-5-3-4-6-14(12)18-16(13)22/h3-6H,2,7-11H2,1H3,(H2,18,21,22). The van der Waals surface area contributed by atoms with Gasteiger partial charge in [-0.15, -0.1) is 0 Å². The molecule has 1 fully saturated rings. The SMILES string of the molecule is CCOC(=O)N1CCN(Cc2c(O)c3ccccc3[nH]c2=O)CC1. The highest BCUT2D eigenvalue weighted by Gasteiger charge is 2.23. The maximum Gasteiger partial charge on any atom is 0.409 e. The Morgan fingerprint density at radius 1 is 1.25 bits per heavy atom. The second-order valence-corrected chi connectivity index (χ2v) is 5.79. The van der Waals surface area contributed by atoms with E-state index in [1.807, 2.05) is 12.1 Å². The topological polar surface area (TPSA) is 85.9 Å². The van der Waals surface area contributed by atoms with E-state index in [0.29, 0.717) is 55.8 Å². The molecular weight excluding hydrogens is 310 g/mol. The lowest BCUT2D eigenvalue weighted by Crippen LogP contribution is -2.48.